The molecule has 18 heavy (non-hydrogen) atoms. The highest BCUT2D eigenvalue weighted by molar-refractivity contribution is 4.98. The fraction of sp³-hybridized carbons (Fsp3) is 1.00. The van der Waals surface area contributed by atoms with Gasteiger partial charge >= 0.3 is 6.18 Å². The lowest BCUT2D eigenvalue weighted by Crippen LogP contribution is -2.41. The van der Waals surface area contributed by atoms with Crippen LogP contribution in [0.2, 0.25) is 0 Å². The number of nitrogens with zero attached hydrogens (tertiary/aromatic N) is 1. The van der Waals surface area contributed by atoms with E-state index in [1.165, 1.54) is 12.8 Å². The molecule has 1 saturated heterocycles. The fourth-order valence-electron chi connectivity index (χ4n) is 2.87. The van der Waals surface area contributed by atoms with Crippen LogP contribution in [0.5, 0.6) is 0 Å². The molecule has 1 N–H and O–H groups in total. The van der Waals surface area contributed by atoms with Crippen LogP contribution in [0, 0.1) is 17.3 Å². The summed E-state index contributed by atoms with van der Waals surface area (Å²) >= 11 is 0. The van der Waals surface area contributed by atoms with Crippen LogP contribution >= 0.6 is 0 Å². The zero-order chi connectivity index (χ0) is 13.4. The van der Waals surface area contributed by atoms with Crippen LogP contribution in [0.1, 0.15) is 26.7 Å². The van der Waals surface area contributed by atoms with Crippen LogP contribution < -0.4 is 5.32 Å². The van der Waals surface area contributed by atoms with Gasteiger partial charge in [-0.25, -0.2) is 0 Å². The molecule has 0 radical (unpaired) electrons. The first-order valence-electron chi connectivity index (χ1n) is 6.83. The van der Waals surface area contributed by atoms with Gasteiger partial charge in [0.25, 0.3) is 0 Å². The molecule has 0 spiro atoms. The van der Waals surface area contributed by atoms with Crippen LogP contribution in [0.4, 0.5) is 13.2 Å². The zero-order valence-corrected chi connectivity index (χ0v) is 11.2. The molecule has 5 heteroatoms. The average Bonchev–Trinajstić information content (AvgIpc) is 3.02. The maximum Gasteiger partial charge on any atom is 0.394 e. The lowest BCUT2D eigenvalue weighted by atomic mass is 9.91. The number of rotatable bonds is 3. The molecule has 2 nitrogen and oxygen atoms in total. The summed E-state index contributed by atoms with van der Waals surface area (Å²) in [5.74, 6) is -0.652. The summed E-state index contributed by atoms with van der Waals surface area (Å²) in [6.45, 7) is 6.83. The molecule has 0 aromatic carbocycles. The predicted octanol–water partition coefficient (Wildman–Crippen LogP) is 2.51. The van der Waals surface area contributed by atoms with Crippen molar-refractivity contribution in [3.8, 4) is 0 Å². The van der Waals surface area contributed by atoms with Gasteiger partial charge in [-0.1, -0.05) is 13.8 Å². The Kier molecular flexibility index (Phi) is 3.93. The predicted molar refractivity (Wildman–Crippen MR) is 65.4 cm³/mol. The van der Waals surface area contributed by atoms with Crippen molar-refractivity contribution in [2.75, 3.05) is 32.7 Å². The van der Waals surface area contributed by atoms with E-state index >= 15 is 0 Å². The molecular formula is C13H23F3N2. The summed E-state index contributed by atoms with van der Waals surface area (Å²) in [5, 5.41) is 2.91. The Morgan fingerprint density at radius 1 is 1.33 bits per heavy atom. The number of nitrogens with one attached hydrogen (secondary N) is 1. The second-order valence-electron chi connectivity index (χ2n) is 6.19. The largest absolute Gasteiger partial charge is 0.394 e. The SMILES string of the molecule is CC(C)C1(CN2CCNCC(C(F)(F)F)C2)CC1. The summed E-state index contributed by atoms with van der Waals surface area (Å²) in [4.78, 5) is 2.02. The molecule has 0 amide bonds. The molecule has 2 fully saturated rings. The fourth-order valence-corrected chi connectivity index (χ4v) is 2.87. The van der Waals surface area contributed by atoms with Crippen LogP contribution in [-0.4, -0.2) is 43.8 Å². The minimum Gasteiger partial charge on any atom is -0.315 e. The summed E-state index contributed by atoms with van der Waals surface area (Å²) in [7, 11) is 0. The molecule has 1 unspecified atom stereocenters. The maximum atomic E-state index is 12.8. The van der Waals surface area contributed by atoms with Crippen molar-refractivity contribution in [1.29, 1.82) is 0 Å². The molecular weight excluding hydrogens is 241 g/mol. The lowest BCUT2D eigenvalue weighted by Gasteiger charge is -2.30. The zero-order valence-electron chi connectivity index (χ0n) is 11.2. The Morgan fingerprint density at radius 3 is 2.50 bits per heavy atom. The van der Waals surface area contributed by atoms with Gasteiger partial charge in [0.2, 0.25) is 0 Å². The number of hydrogen-bond donors (Lipinski definition) is 1. The smallest absolute Gasteiger partial charge is 0.315 e. The van der Waals surface area contributed by atoms with E-state index in [-0.39, 0.29) is 13.1 Å². The third-order valence-electron chi connectivity index (χ3n) is 4.59. The van der Waals surface area contributed by atoms with Gasteiger partial charge in [-0.2, -0.15) is 13.2 Å². The lowest BCUT2D eigenvalue weighted by molar-refractivity contribution is -0.176. The van der Waals surface area contributed by atoms with E-state index < -0.39 is 12.1 Å². The van der Waals surface area contributed by atoms with Gasteiger partial charge in [-0.3, -0.25) is 0 Å². The summed E-state index contributed by atoms with van der Waals surface area (Å²) < 4.78 is 38.5. The molecule has 1 aliphatic heterocycles. The van der Waals surface area contributed by atoms with Crippen LogP contribution in [0.3, 0.4) is 0 Å². The van der Waals surface area contributed by atoms with Crippen molar-refractivity contribution in [3.63, 3.8) is 0 Å². The third kappa shape index (κ3) is 3.18. The quantitative estimate of drug-likeness (QED) is 0.842. The molecule has 106 valence electrons. The van der Waals surface area contributed by atoms with Gasteiger partial charge in [0.1, 0.15) is 0 Å². The van der Waals surface area contributed by atoms with Gasteiger partial charge in [0.05, 0.1) is 5.92 Å². The summed E-state index contributed by atoms with van der Waals surface area (Å²) in [6, 6.07) is 0. The Labute approximate surface area is 107 Å². The topological polar surface area (TPSA) is 15.3 Å². The molecule has 1 atom stereocenters. The van der Waals surface area contributed by atoms with Crippen molar-refractivity contribution in [2.24, 2.45) is 17.3 Å². The summed E-state index contributed by atoms with van der Waals surface area (Å²) in [6.07, 6.45) is -1.74. The van der Waals surface area contributed by atoms with Crippen molar-refractivity contribution < 1.29 is 13.2 Å². The first-order valence-corrected chi connectivity index (χ1v) is 6.83. The first-order chi connectivity index (χ1) is 8.33. The van der Waals surface area contributed by atoms with Crippen molar-refractivity contribution in [3.05, 3.63) is 0 Å². The highest BCUT2D eigenvalue weighted by atomic mass is 19.4. The maximum absolute atomic E-state index is 12.8. The molecule has 1 aliphatic carbocycles. The van der Waals surface area contributed by atoms with E-state index in [2.05, 4.69) is 19.2 Å². The monoisotopic (exact) mass is 264 g/mol. The minimum atomic E-state index is -4.08. The van der Waals surface area contributed by atoms with E-state index in [0.717, 1.165) is 13.1 Å². The van der Waals surface area contributed by atoms with E-state index in [9.17, 15) is 13.2 Å². The van der Waals surface area contributed by atoms with Gasteiger partial charge in [0.15, 0.2) is 0 Å². The molecule has 1 heterocycles. The first kappa shape index (κ1) is 14.1. The molecule has 0 aromatic heterocycles. The molecule has 0 aromatic rings. The van der Waals surface area contributed by atoms with Crippen molar-refractivity contribution in [1.82, 2.24) is 10.2 Å². The van der Waals surface area contributed by atoms with E-state index in [4.69, 9.17) is 0 Å². The Morgan fingerprint density at radius 2 is 2.00 bits per heavy atom. The summed E-state index contributed by atoms with van der Waals surface area (Å²) in [5.41, 5.74) is 0.292. The molecule has 1 saturated carbocycles. The molecule has 2 aliphatic rings. The van der Waals surface area contributed by atoms with Crippen LogP contribution in [0.15, 0.2) is 0 Å². The third-order valence-corrected chi connectivity index (χ3v) is 4.59. The standard InChI is InChI=1S/C13H23F3N2/c1-10(2)12(3-4-12)9-18-6-5-17-7-11(8-18)13(14,15)16/h10-11,17H,3-9H2,1-2H3. The van der Waals surface area contributed by atoms with Crippen LogP contribution in [0.25, 0.3) is 0 Å². The van der Waals surface area contributed by atoms with Gasteiger partial charge in [-0.15, -0.1) is 0 Å². The normalized spacial score (nSPS) is 29.3. The van der Waals surface area contributed by atoms with Crippen molar-refractivity contribution >= 4 is 0 Å². The second kappa shape index (κ2) is 5.00. The van der Waals surface area contributed by atoms with E-state index in [0.29, 0.717) is 17.9 Å². The van der Waals surface area contributed by atoms with Gasteiger partial charge < -0.3 is 10.2 Å². The Bertz CT molecular complexity index is 284. The molecule has 2 rings (SSSR count). The van der Waals surface area contributed by atoms with Crippen LogP contribution in [-0.2, 0) is 0 Å². The minimum absolute atomic E-state index is 0.0642. The Balaban J connectivity index is 1.96. The number of hydrogen-bond acceptors (Lipinski definition) is 2. The second-order valence-corrected chi connectivity index (χ2v) is 6.19. The number of alkyl halides is 3. The van der Waals surface area contributed by atoms with Gasteiger partial charge in [0, 0.05) is 32.7 Å². The highest BCUT2D eigenvalue weighted by Crippen LogP contribution is 2.52. The van der Waals surface area contributed by atoms with E-state index in [1.54, 1.807) is 0 Å². The number of halogens is 3. The van der Waals surface area contributed by atoms with Gasteiger partial charge in [-0.05, 0) is 24.2 Å². The Hall–Kier alpha value is -0.290. The van der Waals surface area contributed by atoms with E-state index in [1.807, 2.05) is 4.90 Å². The highest BCUT2D eigenvalue weighted by Gasteiger charge is 2.48. The average molecular weight is 264 g/mol. The van der Waals surface area contributed by atoms with Crippen molar-refractivity contribution in [2.45, 2.75) is 32.9 Å². The molecule has 0 bridgehead atoms.